The van der Waals surface area contributed by atoms with Crippen molar-refractivity contribution in [2.45, 2.75) is 19.4 Å². The molecule has 2 unspecified atom stereocenters. The molecule has 1 fully saturated rings. The van der Waals surface area contributed by atoms with Crippen LogP contribution in [0.3, 0.4) is 0 Å². The molecule has 4 heteroatoms. The topological polar surface area (TPSA) is 32.7 Å². The van der Waals surface area contributed by atoms with Gasteiger partial charge in [-0.1, -0.05) is 23.7 Å². The van der Waals surface area contributed by atoms with Crippen LogP contribution in [0, 0.1) is 5.41 Å². The first-order valence-electron chi connectivity index (χ1n) is 6.71. The minimum Gasteiger partial charge on any atom is -0.396 e. The van der Waals surface area contributed by atoms with Crippen LogP contribution in [0.1, 0.15) is 24.9 Å². The van der Waals surface area contributed by atoms with E-state index in [1.165, 1.54) is 5.56 Å². The van der Waals surface area contributed by atoms with Crippen molar-refractivity contribution in [3.63, 3.8) is 0 Å². The van der Waals surface area contributed by atoms with Gasteiger partial charge in [0.25, 0.3) is 0 Å². The van der Waals surface area contributed by atoms with Crippen LogP contribution in [-0.2, 0) is 4.74 Å². The molecule has 3 nitrogen and oxygen atoms in total. The Hall–Kier alpha value is -0.610. The Balaban J connectivity index is 2.04. The number of nitrogens with zero attached hydrogens (tertiary/aromatic N) is 1. The molecule has 1 aliphatic heterocycles. The van der Waals surface area contributed by atoms with Gasteiger partial charge in [-0.15, -0.1) is 0 Å². The van der Waals surface area contributed by atoms with Crippen LogP contribution < -0.4 is 0 Å². The number of hydrogen-bond acceptors (Lipinski definition) is 3. The molecule has 2 atom stereocenters. The van der Waals surface area contributed by atoms with Gasteiger partial charge in [-0.2, -0.15) is 0 Å². The van der Waals surface area contributed by atoms with Crippen LogP contribution in [0.5, 0.6) is 0 Å². The summed E-state index contributed by atoms with van der Waals surface area (Å²) in [6.45, 7) is 4.57. The zero-order valence-electron chi connectivity index (χ0n) is 11.6. The van der Waals surface area contributed by atoms with E-state index in [4.69, 9.17) is 16.3 Å². The second-order valence-corrected chi connectivity index (χ2v) is 6.04. The number of benzene rings is 1. The standard InChI is InChI=1S/C15H22ClNO2/c1-12(13-4-3-5-14(16)8-13)17(2)9-15(10-18)6-7-19-11-15/h3-5,8,12,18H,6-7,9-11H2,1-2H3. The number of halogens is 1. The molecule has 0 aliphatic carbocycles. The number of ether oxygens (including phenoxy) is 1. The monoisotopic (exact) mass is 283 g/mol. The highest BCUT2D eigenvalue weighted by atomic mass is 35.5. The van der Waals surface area contributed by atoms with Crippen molar-refractivity contribution in [3.8, 4) is 0 Å². The summed E-state index contributed by atoms with van der Waals surface area (Å²) < 4.78 is 5.45. The van der Waals surface area contributed by atoms with Crippen LogP contribution in [0.4, 0.5) is 0 Å². The van der Waals surface area contributed by atoms with Crippen molar-refractivity contribution >= 4 is 11.6 Å². The highest BCUT2D eigenvalue weighted by Gasteiger charge is 2.36. The molecule has 0 amide bonds. The van der Waals surface area contributed by atoms with Crippen molar-refractivity contribution in [2.24, 2.45) is 5.41 Å². The third-order valence-corrected chi connectivity index (χ3v) is 4.33. The Morgan fingerprint density at radius 1 is 1.53 bits per heavy atom. The highest BCUT2D eigenvalue weighted by molar-refractivity contribution is 6.30. The van der Waals surface area contributed by atoms with Gasteiger partial charge >= 0.3 is 0 Å². The van der Waals surface area contributed by atoms with Crippen molar-refractivity contribution in [1.29, 1.82) is 0 Å². The predicted octanol–water partition coefficient (Wildman–Crippen LogP) is 2.73. The maximum absolute atomic E-state index is 9.63. The fourth-order valence-corrected chi connectivity index (χ4v) is 2.83. The number of hydrogen-bond donors (Lipinski definition) is 1. The lowest BCUT2D eigenvalue weighted by atomic mass is 9.87. The molecular weight excluding hydrogens is 262 g/mol. The maximum Gasteiger partial charge on any atom is 0.0557 e. The SMILES string of the molecule is CC(c1cccc(Cl)c1)N(C)CC1(CO)CCOC1. The first-order valence-corrected chi connectivity index (χ1v) is 7.08. The van der Waals surface area contributed by atoms with E-state index in [-0.39, 0.29) is 18.1 Å². The zero-order chi connectivity index (χ0) is 13.9. The van der Waals surface area contributed by atoms with E-state index in [0.29, 0.717) is 6.61 Å². The molecule has 0 saturated carbocycles. The summed E-state index contributed by atoms with van der Waals surface area (Å²) in [4.78, 5) is 2.26. The minimum atomic E-state index is -0.110. The summed E-state index contributed by atoms with van der Waals surface area (Å²) >= 11 is 6.04. The van der Waals surface area contributed by atoms with Gasteiger partial charge in [0.1, 0.15) is 0 Å². The molecule has 0 spiro atoms. The van der Waals surface area contributed by atoms with Crippen LogP contribution in [0.25, 0.3) is 0 Å². The molecule has 1 aromatic carbocycles. The minimum absolute atomic E-state index is 0.110. The highest BCUT2D eigenvalue weighted by Crippen LogP contribution is 2.32. The Kier molecular flexibility index (Phi) is 4.85. The molecule has 106 valence electrons. The summed E-state index contributed by atoms with van der Waals surface area (Å²) in [5.41, 5.74) is 1.09. The van der Waals surface area contributed by atoms with Gasteiger partial charge in [0.15, 0.2) is 0 Å². The molecule has 0 aromatic heterocycles. The van der Waals surface area contributed by atoms with E-state index < -0.39 is 0 Å². The van der Waals surface area contributed by atoms with E-state index in [1.54, 1.807) is 0 Å². The maximum atomic E-state index is 9.63. The number of rotatable bonds is 5. The van der Waals surface area contributed by atoms with E-state index in [1.807, 2.05) is 18.2 Å². The lowest BCUT2D eigenvalue weighted by Gasteiger charge is -2.34. The molecule has 19 heavy (non-hydrogen) atoms. The van der Waals surface area contributed by atoms with Crippen molar-refractivity contribution < 1.29 is 9.84 Å². The van der Waals surface area contributed by atoms with E-state index >= 15 is 0 Å². The molecule has 1 aromatic rings. The molecule has 0 bridgehead atoms. The van der Waals surface area contributed by atoms with Crippen molar-refractivity contribution in [3.05, 3.63) is 34.9 Å². The normalized spacial score (nSPS) is 24.9. The average Bonchev–Trinajstić information content (AvgIpc) is 2.87. The Morgan fingerprint density at radius 3 is 2.89 bits per heavy atom. The zero-order valence-corrected chi connectivity index (χ0v) is 12.4. The summed E-state index contributed by atoms with van der Waals surface area (Å²) in [6, 6.07) is 8.21. The van der Waals surface area contributed by atoms with E-state index in [0.717, 1.165) is 24.6 Å². The lowest BCUT2D eigenvalue weighted by molar-refractivity contribution is 0.0539. The fraction of sp³-hybridized carbons (Fsp3) is 0.600. The van der Waals surface area contributed by atoms with Gasteiger partial charge in [-0.05, 0) is 38.1 Å². The van der Waals surface area contributed by atoms with Crippen LogP contribution >= 0.6 is 11.6 Å². The van der Waals surface area contributed by atoms with Gasteiger partial charge in [-0.25, -0.2) is 0 Å². The predicted molar refractivity (Wildman–Crippen MR) is 77.5 cm³/mol. The van der Waals surface area contributed by atoms with Gasteiger partial charge in [0, 0.05) is 29.6 Å². The summed E-state index contributed by atoms with van der Waals surface area (Å²) in [5, 5.41) is 10.4. The third kappa shape index (κ3) is 3.48. The third-order valence-electron chi connectivity index (χ3n) is 4.10. The largest absolute Gasteiger partial charge is 0.396 e. The quantitative estimate of drug-likeness (QED) is 0.902. The second-order valence-electron chi connectivity index (χ2n) is 5.61. The number of aliphatic hydroxyl groups is 1. The summed E-state index contributed by atoms with van der Waals surface area (Å²) in [5.74, 6) is 0. The van der Waals surface area contributed by atoms with E-state index in [2.05, 4.69) is 24.9 Å². The molecule has 1 saturated heterocycles. The van der Waals surface area contributed by atoms with E-state index in [9.17, 15) is 5.11 Å². The second kappa shape index (κ2) is 6.23. The molecule has 1 aliphatic rings. The van der Waals surface area contributed by atoms with Crippen LogP contribution in [0.15, 0.2) is 24.3 Å². The molecule has 1 N–H and O–H groups in total. The van der Waals surface area contributed by atoms with Crippen molar-refractivity contribution in [2.75, 3.05) is 33.4 Å². The first-order chi connectivity index (χ1) is 9.06. The average molecular weight is 284 g/mol. The van der Waals surface area contributed by atoms with Crippen molar-refractivity contribution in [1.82, 2.24) is 4.90 Å². The molecule has 0 radical (unpaired) electrons. The van der Waals surface area contributed by atoms with Crippen LogP contribution in [-0.4, -0.2) is 43.4 Å². The Bertz CT molecular complexity index is 418. The van der Waals surface area contributed by atoms with Gasteiger partial charge < -0.3 is 9.84 Å². The molecular formula is C15H22ClNO2. The Morgan fingerprint density at radius 2 is 2.32 bits per heavy atom. The van der Waals surface area contributed by atoms with Gasteiger partial charge in [0.2, 0.25) is 0 Å². The van der Waals surface area contributed by atoms with Crippen LogP contribution in [0.2, 0.25) is 5.02 Å². The Labute approximate surface area is 120 Å². The number of aliphatic hydroxyl groups excluding tert-OH is 1. The fourth-order valence-electron chi connectivity index (χ4n) is 2.64. The summed E-state index contributed by atoms with van der Waals surface area (Å²) in [7, 11) is 2.08. The summed E-state index contributed by atoms with van der Waals surface area (Å²) in [6.07, 6.45) is 0.927. The lowest BCUT2D eigenvalue weighted by Crippen LogP contribution is -2.40. The smallest absolute Gasteiger partial charge is 0.0557 e. The van der Waals surface area contributed by atoms with Gasteiger partial charge in [0.05, 0.1) is 13.2 Å². The first kappa shape index (κ1) is 14.8. The molecule has 2 rings (SSSR count). The van der Waals surface area contributed by atoms with Gasteiger partial charge in [-0.3, -0.25) is 4.90 Å². The molecule has 1 heterocycles.